The molecule has 21 heavy (non-hydrogen) atoms. The minimum atomic E-state index is -4.15. The topological polar surface area (TPSA) is 127 Å². The largest absolute Gasteiger partial charge is 0.480 e. The van der Waals surface area contributed by atoms with E-state index >= 15 is 0 Å². The number of aliphatic carboxylic acids is 1. The molecule has 0 amide bonds. The Kier molecular flexibility index (Phi) is 5.39. The maximum absolute atomic E-state index is 12.1. The second-order valence-electron chi connectivity index (χ2n) is 4.58. The van der Waals surface area contributed by atoms with Gasteiger partial charge >= 0.3 is 5.97 Å². The van der Waals surface area contributed by atoms with Gasteiger partial charge in [-0.25, -0.2) is 8.42 Å². The van der Waals surface area contributed by atoms with Crippen molar-refractivity contribution in [2.45, 2.75) is 31.2 Å². The molecule has 116 valence electrons. The molecule has 0 radical (unpaired) electrons. The lowest BCUT2D eigenvalue weighted by molar-refractivity contribution is -0.385. The summed E-state index contributed by atoms with van der Waals surface area (Å²) in [5.41, 5.74) is -0.381. The van der Waals surface area contributed by atoms with Crippen LogP contribution in [-0.2, 0) is 14.8 Å². The Morgan fingerprint density at radius 3 is 2.57 bits per heavy atom. The molecule has 0 aromatic heterocycles. The van der Waals surface area contributed by atoms with Crippen LogP contribution in [0.5, 0.6) is 0 Å². The van der Waals surface area contributed by atoms with Gasteiger partial charge in [0, 0.05) is 12.1 Å². The zero-order valence-corrected chi connectivity index (χ0v) is 12.3. The summed E-state index contributed by atoms with van der Waals surface area (Å²) in [5.74, 6) is -1.71. The first kappa shape index (κ1) is 17.1. The second kappa shape index (κ2) is 6.64. The first-order valence-corrected chi connectivity index (χ1v) is 7.67. The van der Waals surface area contributed by atoms with Crippen molar-refractivity contribution in [3.63, 3.8) is 0 Å². The van der Waals surface area contributed by atoms with Gasteiger partial charge in [-0.05, 0) is 12.0 Å². The number of carbonyl (C=O) groups is 1. The highest BCUT2D eigenvalue weighted by atomic mass is 32.2. The Morgan fingerprint density at radius 2 is 2.10 bits per heavy atom. The molecule has 1 aromatic rings. The summed E-state index contributed by atoms with van der Waals surface area (Å²) in [6, 6.07) is 3.15. The summed E-state index contributed by atoms with van der Waals surface area (Å²) in [7, 11) is -4.15. The van der Waals surface area contributed by atoms with Crippen LogP contribution in [0.2, 0.25) is 0 Å². The van der Waals surface area contributed by atoms with Crippen LogP contribution >= 0.6 is 0 Å². The molecule has 0 aliphatic rings. The van der Waals surface area contributed by atoms with Gasteiger partial charge in [0.2, 0.25) is 10.0 Å². The molecule has 0 aliphatic heterocycles. The first-order valence-electron chi connectivity index (χ1n) is 6.18. The highest BCUT2D eigenvalue weighted by molar-refractivity contribution is 7.89. The van der Waals surface area contributed by atoms with Gasteiger partial charge in [-0.3, -0.25) is 14.9 Å². The van der Waals surface area contributed by atoms with Gasteiger partial charge in [0.1, 0.15) is 6.04 Å². The third-order valence-electron chi connectivity index (χ3n) is 3.10. The minimum absolute atomic E-state index is 0.341. The van der Waals surface area contributed by atoms with Crippen molar-refractivity contribution in [1.82, 2.24) is 4.72 Å². The van der Waals surface area contributed by atoms with E-state index in [-0.39, 0.29) is 10.6 Å². The van der Waals surface area contributed by atoms with Crippen molar-refractivity contribution in [1.29, 1.82) is 0 Å². The van der Waals surface area contributed by atoms with Gasteiger partial charge in [-0.15, -0.1) is 0 Å². The number of hydrogen-bond acceptors (Lipinski definition) is 5. The number of carboxylic acids is 1. The average molecular weight is 316 g/mol. The summed E-state index contributed by atoms with van der Waals surface area (Å²) in [6.07, 6.45) is 0.467. The lowest BCUT2D eigenvalue weighted by Crippen LogP contribution is -2.44. The third kappa shape index (κ3) is 4.23. The Labute approximate surface area is 122 Å². The number of non-ortho nitro benzene ring substituents is 1. The van der Waals surface area contributed by atoms with Crippen LogP contribution in [0.15, 0.2) is 29.2 Å². The smallest absolute Gasteiger partial charge is 0.322 e. The standard InChI is InChI=1S/C12H16N2O6S/c1-3-8(2)11(12(15)16)13-21(19,20)10-6-4-5-9(7-10)14(17)18/h4-8,11,13H,3H2,1-2H3,(H,15,16)/t8-,11-/m0/s1. The molecule has 9 heteroatoms. The Hall–Kier alpha value is -2.00. The zero-order valence-electron chi connectivity index (χ0n) is 11.5. The van der Waals surface area contributed by atoms with Crippen molar-refractivity contribution >= 4 is 21.7 Å². The number of nitro benzene ring substituents is 1. The maximum Gasteiger partial charge on any atom is 0.322 e. The van der Waals surface area contributed by atoms with Crippen LogP contribution < -0.4 is 4.72 Å². The van der Waals surface area contributed by atoms with Crippen LogP contribution in [0.1, 0.15) is 20.3 Å². The second-order valence-corrected chi connectivity index (χ2v) is 6.29. The fourth-order valence-corrected chi connectivity index (χ4v) is 2.98. The lowest BCUT2D eigenvalue weighted by Gasteiger charge is -2.20. The Bertz CT molecular complexity index is 643. The molecular formula is C12H16N2O6S. The van der Waals surface area contributed by atoms with E-state index in [1.807, 2.05) is 0 Å². The van der Waals surface area contributed by atoms with Gasteiger partial charge in [-0.1, -0.05) is 26.3 Å². The molecule has 0 bridgehead atoms. The summed E-state index contributed by atoms with van der Waals surface area (Å²) in [6.45, 7) is 3.34. The molecule has 2 atom stereocenters. The van der Waals surface area contributed by atoms with Crippen molar-refractivity contribution in [3.05, 3.63) is 34.4 Å². The van der Waals surface area contributed by atoms with Crippen molar-refractivity contribution in [3.8, 4) is 0 Å². The summed E-state index contributed by atoms with van der Waals surface area (Å²) < 4.78 is 26.4. The molecule has 0 saturated heterocycles. The lowest BCUT2D eigenvalue weighted by atomic mass is 10.0. The van der Waals surface area contributed by atoms with E-state index in [0.717, 1.165) is 12.1 Å². The fourth-order valence-electron chi connectivity index (χ4n) is 1.65. The van der Waals surface area contributed by atoms with Crippen LogP contribution in [0, 0.1) is 16.0 Å². The van der Waals surface area contributed by atoms with E-state index in [9.17, 15) is 23.3 Å². The molecule has 0 aliphatic carbocycles. The molecule has 2 N–H and O–H groups in total. The zero-order chi connectivity index (χ0) is 16.2. The fraction of sp³-hybridized carbons (Fsp3) is 0.417. The van der Waals surface area contributed by atoms with Crippen LogP contribution in [0.25, 0.3) is 0 Å². The molecule has 0 spiro atoms. The molecule has 0 heterocycles. The van der Waals surface area contributed by atoms with Crippen LogP contribution in [-0.4, -0.2) is 30.5 Å². The van der Waals surface area contributed by atoms with Crippen LogP contribution in [0.4, 0.5) is 5.69 Å². The van der Waals surface area contributed by atoms with Gasteiger partial charge in [0.15, 0.2) is 0 Å². The van der Waals surface area contributed by atoms with E-state index in [1.54, 1.807) is 13.8 Å². The average Bonchev–Trinajstić information content (AvgIpc) is 2.43. The third-order valence-corrected chi connectivity index (χ3v) is 4.54. The number of nitro groups is 1. The number of sulfonamides is 1. The van der Waals surface area contributed by atoms with E-state index in [4.69, 9.17) is 5.11 Å². The van der Waals surface area contributed by atoms with E-state index in [1.165, 1.54) is 12.1 Å². The monoisotopic (exact) mass is 316 g/mol. The van der Waals surface area contributed by atoms with Crippen molar-refractivity contribution < 1.29 is 23.2 Å². The number of nitrogens with one attached hydrogen (secondary N) is 1. The predicted octanol–water partition coefficient (Wildman–Crippen LogP) is 1.37. The maximum atomic E-state index is 12.1. The highest BCUT2D eigenvalue weighted by Gasteiger charge is 2.29. The first-order chi connectivity index (χ1) is 9.69. The summed E-state index contributed by atoms with van der Waals surface area (Å²) in [4.78, 5) is 20.7. The summed E-state index contributed by atoms with van der Waals surface area (Å²) in [5, 5.41) is 19.8. The van der Waals surface area contributed by atoms with E-state index in [2.05, 4.69) is 4.72 Å². The number of nitrogens with zero attached hydrogens (tertiary/aromatic N) is 1. The predicted molar refractivity (Wildman–Crippen MR) is 74.3 cm³/mol. The number of carboxylic acid groups (broad SMARTS) is 1. The van der Waals surface area contributed by atoms with Crippen molar-refractivity contribution in [2.75, 3.05) is 0 Å². The Balaban J connectivity index is 3.13. The molecule has 1 rings (SSSR count). The van der Waals surface area contributed by atoms with Gasteiger partial charge in [0.05, 0.1) is 9.82 Å². The van der Waals surface area contributed by atoms with Gasteiger partial charge in [-0.2, -0.15) is 4.72 Å². The minimum Gasteiger partial charge on any atom is -0.480 e. The van der Waals surface area contributed by atoms with Gasteiger partial charge in [0.25, 0.3) is 5.69 Å². The molecular weight excluding hydrogens is 300 g/mol. The number of rotatable bonds is 7. The normalized spacial score (nSPS) is 14.4. The molecule has 8 nitrogen and oxygen atoms in total. The molecule has 0 unspecified atom stereocenters. The van der Waals surface area contributed by atoms with Crippen molar-refractivity contribution in [2.24, 2.45) is 5.92 Å². The SMILES string of the molecule is CC[C@H](C)[C@H](NS(=O)(=O)c1cccc([N+](=O)[O-])c1)C(=O)O. The molecule has 0 saturated carbocycles. The van der Waals surface area contributed by atoms with Gasteiger partial charge < -0.3 is 5.11 Å². The molecule has 0 fully saturated rings. The summed E-state index contributed by atoms with van der Waals surface area (Å²) >= 11 is 0. The Morgan fingerprint density at radius 1 is 1.48 bits per heavy atom. The van der Waals surface area contributed by atoms with E-state index < -0.39 is 32.9 Å². The van der Waals surface area contributed by atoms with E-state index in [0.29, 0.717) is 6.42 Å². The molecule has 1 aromatic carbocycles. The highest BCUT2D eigenvalue weighted by Crippen LogP contribution is 2.19. The quantitative estimate of drug-likeness (QED) is 0.578. The number of benzene rings is 1. The van der Waals surface area contributed by atoms with Crippen LogP contribution in [0.3, 0.4) is 0 Å². The number of hydrogen-bond donors (Lipinski definition) is 2.